The van der Waals surface area contributed by atoms with E-state index in [0.717, 1.165) is 31.7 Å². The Balaban J connectivity index is 1.40. The lowest BCUT2D eigenvalue weighted by Gasteiger charge is -2.27. The van der Waals surface area contributed by atoms with Crippen molar-refractivity contribution in [2.24, 2.45) is 0 Å². The summed E-state index contributed by atoms with van der Waals surface area (Å²) in [5.41, 5.74) is 0.622. The maximum atomic E-state index is 12.3. The van der Waals surface area contributed by atoms with E-state index in [1.807, 2.05) is 0 Å². The van der Waals surface area contributed by atoms with Crippen molar-refractivity contribution in [1.82, 2.24) is 9.97 Å². The molecule has 2 aromatic rings. The van der Waals surface area contributed by atoms with Gasteiger partial charge in [0, 0.05) is 30.9 Å². The number of piperidine rings is 1. The third kappa shape index (κ3) is 3.79. The molecule has 0 bridgehead atoms. The second-order valence-corrected chi connectivity index (χ2v) is 6.25. The van der Waals surface area contributed by atoms with Gasteiger partial charge in [-0.3, -0.25) is 5.32 Å². The molecule has 0 saturated carbocycles. The number of carbonyl (C=O) groups excluding carboxylic acids is 1. The third-order valence-electron chi connectivity index (χ3n) is 4.37. The van der Waals surface area contributed by atoms with Crippen molar-refractivity contribution in [3.05, 3.63) is 30.6 Å². The van der Waals surface area contributed by atoms with Crippen LogP contribution < -0.4 is 25.0 Å². The van der Waals surface area contributed by atoms with Crippen LogP contribution in [0.4, 0.5) is 22.1 Å². The Morgan fingerprint density at radius 2 is 1.77 bits per heavy atom. The molecular formula is C18H21N5O3. The molecule has 2 aliphatic heterocycles. The molecule has 8 heteroatoms. The molecule has 1 aromatic heterocycles. The lowest BCUT2D eigenvalue weighted by atomic mass is 10.1. The minimum Gasteiger partial charge on any atom is -0.486 e. The van der Waals surface area contributed by atoms with Crippen LogP contribution in [0.15, 0.2) is 30.6 Å². The lowest BCUT2D eigenvalue weighted by Crippen LogP contribution is -2.30. The molecule has 0 radical (unpaired) electrons. The van der Waals surface area contributed by atoms with Crippen molar-refractivity contribution in [2.45, 2.75) is 19.3 Å². The van der Waals surface area contributed by atoms with Gasteiger partial charge < -0.3 is 19.7 Å². The highest BCUT2D eigenvalue weighted by Crippen LogP contribution is 2.32. The first-order valence-electron chi connectivity index (χ1n) is 8.82. The highest BCUT2D eigenvalue weighted by Gasteiger charge is 2.15. The molecule has 1 saturated heterocycles. The van der Waals surface area contributed by atoms with Crippen molar-refractivity contribution in [3.8, 4) is 11.5 Å². The predicted molar refractivity (Wildman–Crippen MR) is 98.2 cm³/mol. The minimum atomic E-state index is -0.370. The molecule has 2 amide bonds. The second-order valence-electron chi connectivity index (χ2n) is 6.25. The van der Waals surface area contributed by atoms with Crippen LogP contribution in [0.1, 0.15) is 19.3 Å². The fourth-order valence-corrected chi connectivity index (χ4v) is 3.11. The van der Waals surface area contributed by atoms with E-state index in [-0.39, 0.29) is 6.03 Å². The van der Waals surface area contributed by atoms with Crippen LogP contribution in [0.5, 0.6) is 11.5 Å². The molecule has 0 unspecified atom stereocenters. The van der Waals surface area contributed by atoms with Gasteiger partial charge in [0.05, 0.1) is 0 Å². The van der Waals surface area contributed by atoms with Crippen molar-refractivity contribution in [3.63, 3.8) is 0 Å². The van der Waals surface area contributed by atoms with Crippen LogP contribution in [0.25, 0.3) is 0 Å². The zero-order valence-electron chi connectivity index (χ0n) is 14.4. The summed E-state index contributed by atoms with van der Waals surface area (Å²) in [5, 5.41) is 5.53. The predicted octanol–water partition coefficient (Wildman–Crippen LogP) is 2.88. The van der Waals surface area contributed by atoms with Gasteiger partial charge in [-0.1, -0.05) is 0 Å². The maximum absolute atomic E-state index is 12.3. The van der Waals surface area contributed by atoms with E-state index in [4.69, 9.17) is 9.47 Å². The summed E-state index contributed by atoms with van der Waals surface area (Å²) in [6.45, 7) is 3.01. The number of anilines is 3. The average molecular weight is 355 g/mol. The Labute approximate surface area is 151 Å². The van der Waals surface area contributed by atoms with Gasteiger partial charge in [0.2, 0.25) is 0 Å². The zero-order chi connectivity index (χ0) is 17.8. The third-order valence-corrected chi connectivity index (χ3v) is 4.37. The molecule has 1 aromatic carbocycles. The largest absolute Gasteiger partial charge is 0.486 e. The van der Waals surface area contributed by atoms with E-state index >= 15 is 0 Å². The summed E-state index contributed by atoms with van der Waals surface area (Å²) < 4.78 is 11.0. The number of fused-ring (bicyclic) bond motifs is 1. The topological polar surface area (TPSA) is 88.6 Å². The number of benzene rings is 1. The average Bonchev–Trinajstić information content (AvgIpc) is 2.69. The SMILES string of the molecule is O=C(Nc1ccc2c(c1)OCCO2)Nc1cc(N2CCCCC2)ncn1. The summed E-state index contributed by atoms with van der Waals surface area (Å²) in [6, 6.07) is 6.72. The molecule has 0 aliphatic carbocycles. The van der Waals surface area contributed by atoms with Gasteiger partial charge in [0.1, 0.15) is 31.2 Å². The van der Waals surface area contributed by atoms with Crippen molar-refractivity contribution < 1.29 is 14.3 Å². The first kappa shape index (κ1) is 16.4. The first-order chi connectivity index (χ1) is 12.8. The lowest BCUT2D eigenvalue weighted by molar-refractivity contribution is 0.171. The Bertz CT molecular complexity index is 792. The number of carbonyl (C=O) groups is 1. The molecule has 4 rings (SSSR count). The number of ether oxygens (including phenoxy) is 2. The summed E-state index contributed by atoms with van der Waals surface area (Å²) in [6.07, 6.45) is 5.06. The number of hydrogen-bond acceptors (Lipinski definition) is 6. The van der Waals surface area contributed by atoms with Crippen molar-refractivity contribution in [1.29, 1.82) is 0 Å². The monoisotopic (exact) mass is 355 g/mol. The molecule has 136 valence electrons. The van der Waals surface area contributed by atoms with Crippen LogP contribution in [-0.2, 0) is 0 Å². The van der Waals surface area contributed by atoms with E-state index in [9.17, 15) is 4.79 Å². The second kappa shape index (κ2) is 7.47. The van der Waals surface area contributed by atoms with Crippen molar-refractivity contribution in [2.75, 3.05) is 41.8 Å². The van der Waals surface area contributed by atoms with Gasteiger partial charge in [-0.2, -0.15) is 0 Å². The molecule has 0 atom stereocenters. The number of nitrogens with one attached hydrogen (secondary N) is 2. The fraction of sp³-hybridized carbons (Fsp3) is 0.389. The molecule has 1 fully saturated rings. The smallest absolute Gasteiger partial charge is 0.324 e. The number of nitrogens with zero attached hydrogens (tertiary/aromatic N) is 3. The Morgan fingerprint density at radius 3 is 2.62 bits per heavy atom. The Kier molecular flexibility index (Phi) is 4.72. The summed E-state index contributed by atoms with van der Waals surface area (Å²) in [4.78, 5) is 22.9. The number of aromatic nitrogens is 2. The summed E-state index contributed by atoms with van der Waals surface area (Å²) >= 11 is 0. The molecule has 3 heterocycles. The maximum Gasteiger partial charge on any atom is 0.324 e. The van der Waals surface area contributed by atoms with Crippen LogP contribution in [0, 0.1) is 0 Å². The minimum absolute atomic E-state index is 0.370. The summed E-state index contributed by atoms with van der Waals surface area (Å²) in [7, 11) is 0. The van der Waals surface area contributed by atoms with Gasteiger partial charge in [-0.25, -0.2) is 14.8 Å². The van der Waals surface area contributed by atoms with E-state index < -0.39 is 0 Å². The van der Waals surface area contributed by atoms with E-state index in [2.05, 4.69) is 25.5 Å². The highest BCUT2D eigenvalue weighted by atomic mass is 16.6. The van der Waals surface area contributed by atoms with Gasteiger partial charge in [-0.05, 0) is 31.4 Å². The van der Waals surface area contributed by atoms with E-state index in [0.29, 0.717) is 36.2 Å². The number of urea groups is 1. The van der Waals surface area contributed by atoms with Gasteiger partial charge >= 0.3 is 6.03 Å². The zero-order valence-corrected chi connectivity index (χ0v) is 14.4. The van der Waals surface area contributed by atoms with Gasteiger partial charge in [0.25, 0.3) is 0 Å². The van der Waals surface area contributed by atoms with Gasteiger partial charge in [0.15, 0.2) is 11.5 Å². The van der Waals surface area contributed by atoms with Crippen molar-refractivity contribution >= 4 is 23.4 Å². The van der Waals surface area contributed by atoms with E-state index in [1.54, 1.807) is 24.3 Å². The van der Waals surface area contributed by atoms with Crippen LogP contribution in [0.2, 0.25) is 0 Å². The normalized spacial score (nSPS) is 16.1. The quantitative estimate of drug-likeness (QED) is 0.880. The Hall–Kier alpha value is -3.03. The first-order valence-corrected chi connectivity index (χ1v) is 8.82. The molecule has 2 N–H and O–H groups in total. The van der Waals surface area contributed by atoms with Gasteiger partial charge in [-0.15, -0.1) is 0 Å². The molecule has 26 heavy (non-hydrogen) atoms. The van der Waals surface area contributed by atoms with Crippen LogP contribution in [0.3, 0.4) is 0 Å². The Morgan fingerprint density at radius 1 is 0.962 bits per heavy atom. The molecule has 0 spiro atoms. The standard InChI is InChI=1S/C18H21N5O3/c24-18(21-13-4-5-14-15(10-13)26-9-8-25-14)22-16-11-17(20-12-19-16)23-6-2-1-3-7-23/h4-5,10-12H,1-3,6-9H2,(H2,19,20,21,22,24). The number of amides is 2. The molecular weight excluding hydrogens is 334 g/mol. The van der Waals surface area contributed by atoms with Crippen LogP contribution >= 0.6 is 0 Å². The number of hydrogen-bond donors (Lipinski definition) is 2. The van der Waals surface area contributed by atoms with Crippen LogP contribution in [-0.4, -0.2) is 42.3 Å². The molecule has 2 aliphatic rings. The fourth-order valence-electron chi connectivity index (χ4n) is 3.11. The number of rotatable bonds is 3. The molecule has 8 nitrogen and oxygen atoms in total. The summed E-state index contributed by atoms with van der Waals surface area (Å²) in [5.74, 6) is 2.62. The highest BCUT2D eigenvalue weighted by molar-refractivity contribution is 5.99. The van der Waals surface area contributed by atoms with E-state index in [1.165, 1.54) is 12.7 Å².